The Balaban J connectivity index is 2.81. The van der Waals surface area contributed by atoms with E-state index < -0.39 is 0 Å². The van der Waals surface area contributed by atoms with Gasteiger partial charge in [0.1, 0.15) is 0 Å². The molecule has 1 aromatic carbocycles. The lowest BCUT2D eigenvalue weighted by molar-refractivity contribution is 0.0792. The minimum atomic E-state index is 0.110. The van der Waals surface area contributed by atoms with Crippen LogP contribution in [0.25, 0.3) is 0 Å². The first kappa shape index (κ1) is 13.6. The molecular weight excluding hydrogens is 212 g/mol. The number of carbonyl (C=O) groups excluding carboxylic acids is 1. The van der Waals surface area contributed by atoms with Gasteiger partial charge in [-0.2, -0.15) is 0 Å². The molecule has 0 aliphatic rings. The van der Waals surface area contributed by atoms with Crippen LogP contribution in [0, 0.1) is 6.92 Å². The number of carbonyl (C=O) groups is 1. The van der Waals surface area contributed by atoms with Gasteiger partial charge in [0.15, 0.2) is 0 Å². The Hall–Kier alpha value is -1.51. The van der Waals surface area contributed by atoms with Crippen molar-refractivity contribution in [1.82, 2.24) is 4.90 Å². The number of unbranched alkanes of at least 4 members (excludes halogenated alkanes) is 1. The average molecular weight is 234 g/mol. The summed E-state index contributed by atoms with van der Waals surface area (Å²) < 4.78 is 0. The molecule has 17 heavy (non-hydrogen) atoms. The van der Waals surface area contributed by atoms with Gasteiger partial charge in [-0.05, 0) is 37.1 Å². The normalized spacial score (nSPS) is 10.1. The molecular formula is C14H22N2O. The van der Waals surface area contributed by atoms with Crippen LogP contribution in [-0.4, -0.2) is 31.4 Å². The van der Waals surface area contributed by atoms with E-state index in [2.05, 4.69) is 12.2 Å². The summed E-state index contributed by atoms with van der Waals surface area (Å²) in [6.07, 6.45) is 2.16. The summed E-state index contributed by atoms with van der Waals surface area (Å²) in [5.41, 5.74) is 2.85. The van der Waals surface area contributed by atoms with Gasteiger partial charge in [-0.3, -0.25) is 4.79 Å². The molecule has 0 bridgehead atoms. The second kappa shape index (κ2) is 6.28. The average Bonchev–Trinajstić information content (AvgIpc) is 2.34. The van der Waals surface area contributed by atoms with E-state index in [1.165, 1.54) is 0 Å². The molecule has 0 unspecified atom stereocenters. The van der Waals surface area contributed by atoms with Crippen LogP contribution >= 0.6 is 0 Å². The third kappa shape index (κ3) is 3.48. The number of rotatable bonds is 5. The van der Waals surface area contributed by atoms with Gasteiger partial charge < -0.3 is 10.2 Å². The number of nitrogens with zero attached hydrogens (tertiary/aromatic N) is 1. The van der Waals surface area contributed by atoms with Gasteiger partial charge >= 0.3 is 0 Å². The van der Waals surface area contributed by atoms with Gasteiger partial charge in [0.2, 0.25) is 0 Å². The van der Waals surface area contributed by atoms with E-state index in [9.17, 15) is 4.79 Å². The second-order valence-electron chi connectivity index (χ2n) is 4.36. The van der Waals surface area contributed by atoms with Gasteiger partial charge in [-0.15, -0.1) is 0 Å². The predicted octanol–water partition coefficient (Wildman–Crippen LogP) is 2.91. The van der Waals surface area contributed by atoms with Crippen molar-refractivity contribution in [3.05, 3.63) is 29.3 Å². The minimum Gasteiger partial charge on any atom is -0.388 e. The summed E-state index contributed by atoms with van der Waals surface area (Å²) in [6, 6.07) is 5.83. The van der Waals surface area contributed by atoms with E-state index in [0.717, 1.165) is 36.2 Å². The first-order chi connectivity index (χ1) is 8.10. The van der Waals surface area contributed by atoms with Gasteiger partial charge in [0.05, 0.1) is 0 Å². The Morgan fingerprint density at radius 3 is 2.65 bits per heavy atom. The highest BCUT2D eigenvalue weighted by Gasteiger charge is 2.13. The Labute approximate surface area is 104 Å². The molecule has 0 atom stereocenters. The van der Waals surface area contributed by atoms with E-state index in [4.69, 9.17) is 0 Å². The maximum atomic E-state index is 12.2. The summed E-state index contributed by atoms with van der Waals surface area (Å²) in [5, 5.41) is 3.07. The number of amides is 1. The highest BCUT2D eigenvalue weighted by molar-refractivity contribution is 5.95. The molecule has 0 saturated heterocycles. The Morgan fingerprint density at radius 2 is 2.12 bits per heavy atom. The van der Waals surface area contributed by atoms with E-state index in [1.54, 1.807) is 4.90 Å². The van der Waals surface area contributed by atoms with Crippen LogP contribution in [0.15, 0.2) is 18.2 Å². The molecule has 1 aromatic rings. The van der Waals surface area contributed by atoms with E-state index in [-0.39, 0.29) is 5.91 Å². The molecule has 0 aliphatic carbocycles. The summed E-state index contributed by atoms with van der Waals surface area (Å²) in [5.74, 6) is 0.110. The minimum absolute atomic E-state index is 0.110. The van der Waals surface area contributed by atoms with Crippen LogP contribution < -0.4 is 5.32 Å². The van der Waals surface area contributed by atoms with Crippen LogP contribution in [0.3, 0.4) is 0 Å². The van der Waals surface area contributed by atoms with Crippen molar-refractivity contribution in [1.29, 1.82) is 0 Å². The van der Waals surface area contributed by atoms with Gasteiger partial charge in [-0.25, -0.2) is 0 Å². The fourth-order valence-corrected chi connectivity index (χ4v) is 1.76. The molecule has 94 valence electrons. The first-order valence-electron chi connectivity index (χ1n) is 6.14. The Morgan fingerprint density at radius 1 is 1.41 bits per heavy atom. The fraction of sp³-hybridized carbons (Fsp3) is 0.500. The monoisotopic (exact) mass is 234 g/mol. The van der Waals surface area contributed by atoms with Crippen LogP contribution in [0.4, 0.5) is 5.69 Å². The van der Waals surface area contributed by atoms with Crippen molar-refractivity contribution < 1.29 is 4.79 Å². The van der Waals surface area contributed by atoms with Crippen molar-refractivity contribution in [2.75, 3.05) is 26.0 Å². The van der Waals surface area contributed by atoms with Crippen LogP contribution in [0.5, 0.6) is 0 Å². The van der Waals surface area contributed by atoms with Crippen molar-refractivity contribution in [3.8, 4) is 0 Å². The third-order valence-electron chi connectivity index (χ3n) is 2.94. The molecule has 0 heterocycles. The zero-order chi connectivity index (χ0) is 12.8. The van der Waals surface area contributed by atoms with E-state index in [1.807, 2.05) is 39.2 Å². The fourth-order valence-electron chi connectivity index (χ4n) is 1.76. The molecule has 1 N–H and O–H groups in total. The van der Waals surface area contributed by atoms with Crippen LogP contribution in [0.2, 0.25) is 0 Å². The molecule has 0 spiro atoms. The molecule has 0 radical (unpaired) electrons. The molecule has 1 amide bonds. The van der Waals surface area contributed by atoms with Crippen molar-refractivity contribution in [3.63, 3.8) is 0 Å². The predicted molar refractivity (Wildman–Crippen MR) is 72.6 cm³/mol. The van der Waals surface area contributed by atoms with Crippen LogP contribution in [-0.2, 0) is 0 Å². The number of nitrogens with one attached hydrogen (secondary N) is 1. The third-order valence-corrected chi connectivity index (χ3v) is 2.94. The van der Waals surface area contributed by atoms with Gasteiger partial charge in [-0.1, -0.05) is 13.3 Å². The van der Waals surface area contributed by atoms with Crippen molar-refractivity contribution in [2.24, 2.45) is 0 Å². The topological polar surface area (TPSA) is 32.3 Å². The molecule has 0 aromatic heterocycles. The quantitative estimate of drug-likeness (QED) is 0.849. The lowest BCUT2D eigenvalue weighted by Crippen LogP contribution is -2.28. The number of benzene rings is 1. The highest BCUT2D eigenvalue weighted by Crippen LogP contribution is 2.16. The molecule has 0 fully saturated rings. The highest BCUT2D eigenvalue weighted by atomic mass is 16.2. The maximum absolute atomic E-state index is 12.2. The summed E-state index contributed by atoms with van der Waals surface area (Å²) in [7, 11) is 3.74. The first-order valence-corrected chi connectivity index (χ1v) is 6.14. The lowest BCUT2D eigenvalue weighted by atomic mass is 10.1. The standard InChI is InChI=1S/C14H22N2O/c1-5-6-9-16(4)14(17)13-8-7-12(15-3)10-11(13)2/h7-8,10,15H,5-6,9H2,1-4H3. The summed E-state index contributed by atoms with van der Waals surface area (Å²) in [4.78, 5) is 14.0. The maximum Gasteiger partial charge on any atom is 0.253 e. The molecule has 3 heteroatoms. The Bertz CT molecular complexity index is 388. The largest absolute Gasteiger partial charge is 0.388 e. The number of anilines is 1. The number of hydrogen-bond donors (Lipinski definition) is 1. The van der Waals surface area contributed by atoms with Crippen LogP contribution in [0.1, 0.15) is 35.7 Å². The SMILES string of the molecule is CCCCN(C)C(=O)c1ccc(NC)cc1C. The molecule has 1 rings (SSSR count). The smallest absolute Gasteiger partial charge is 0.253 e. The van der Waals surface area contributed by atoms with Gasteiger partial charge in [0, 0.05) is 31.9 Å². The molecule has 0 saturated carbocycles. The summed E-state index contributed by atoms with van der Waals surface area (Å²) >= 11 is 0. The zero-order valence-electron chi connectivity index (χ0n) is 11.2. The number of hydrogen-bond acceptors (Lipinski definition) is 2. The van der Waals surface area contributed by atoms with Crippen molar-refractivity contribution in [2.45, 2.75) is 26.7 Å². The molecule has 3 nitrogen and oxygen atoms in total. The second-order valence-corrected chi connectivity index (χ2v) is 4.36. The van der Waals surface area contributed by atoms with E-state index >= 15 is 0 Å². The Kier molecular flexibility index (Phi) is 5.01. The zero-order valence-corrected chi connectivity index (χ0v) is 11.2. The molecule has 0 aliphatic heterocycles. The lowest BCUT2D eigenvalue weighted by Gasteiger charge is -2.18. The van der Waals surface area contributed by atoms with E-state index in [0.29, 0.717) is 0 Å². The number of aryl methyl sites for hydroxylation is 1. The summed E-state index contributed by atoms with van der Waals surface area (Å²) in [6.45, 7) is 4.93. The van der Waals surface area contributed by atoms with Crippen molar-refractivity contribution >= 4 is 11.6 Å². The van der Waals surface area contributed by atoms with Gasteiger partial charge in [0.25, 0.3) is 5.91 Å².